The van der Waals surface area contributed by atoms with Gasteiger partial charge in [0.05, 0.1) is 18.6 Å². The van der Waals surface area contributed by atoms with Gasteiger partial charge >= 0.3 is 0 Å². The highest BCUT2D eigenvalue weighted by Crippen LogP contribution is 2.64. The number of aliphatic hydroxyl groups is 1. The topological polar surface area (TPSA) is 46.5 Å². The number of fused-ring (bicyclic) bond motifs is 5. The largest absolute Gasteiger partial charge is 0.393 e. The second-order valence-electron chi connectivity index (χ2n) is 9.52. The molecule has 0 aromatic carbocycles. The molecule has 4 aliphatic carbocycles. The Morgan fingerprint density at radius 1 is 1.28 bits per heavy atom. The van der Waals surface area contributed by atoms with E-state index in [4.69, 9.17) is 4.74 Å². The molecule has 0 aromatic heterocycles. The van der Waals surface area contributed by atoms with Crippen molar-refractivity contribution in [3.63, 3.8) is 0 Å². The summed E-state index contributed by atoms with van der Waals surface area (Å²) in [6.07, 6.45) is 10.3. The molecule has 3 nitrogen and oxygen atoms in total. The summed E-state index contributed by atoms with van der Waals surface area (Å²) < 4.78 is 5.30. The number of methoxy groups -OCH3 is 1. The zero-order valence-electron chi connectivity index (χ0n) is 16.0. The van der Waals surface area contributed by atoms with Gasteiger partial charge < -0.3 is 9.84 Å². The lowest BCUT2D eigenvalue weighted by Crippen LogP contribution is -2.47. The van der Waals surface area contributed by atoms with Crippen molar-refractivity contribution >= 4 is 5.78 Å². The average Bonchev–Trinajstić information content (AvgIpc) is 2.93. The molecule has 0 amide bonds. The normalized spacial score (nSPS) is 47.5. The van der Waals surface area contributed by atoms with E-state index in [-0.39, 0.29) is 12.0 Å². The van der Waals surface area contributed by atoms with Crippen molar-refractivity contribution in [1.29, 1.82) is 0 Å². The minimum atomic E-state index is -0.180. The number of carbonyl (C=O) groups excluding carboxylic acids is 1. The van der Waals surface area contributed by atoms with Crippen LogP contribution in [0.4, 0.5) is 0 Å². The molecule has 0 aromatic rings. The minimum Gasteiger partial charge on any atom is -0.393 e. The summed E-state index contributed by atoms with van der Waals surface area (Å²) in [7, 11) is 1.70. The quantitative estimate of drug-likeness (QED) is 0.786. The van der Waals surface area contributed by atoms with Gasteiger partial charge in [-0.05, 0) is 80.5 Å². The highest BCUT2D eigenvalue weighted by Gasteiger charge is 2.56. The predicted molar refractivity (Wildman–Crippen MR) is 98.0 cm³/mol. The van der Waals surface area contributed by atoms with Crippen LogP contribution in [0.3, 0.4) is 0 Å². The van der Waals surface area contributed by atoms with E-state index in [9.17, 15) is 9.90 Å². The first-order chi connectivity index (χ1) is 12.0. The van der Waals surface area contributed by atoms with Crippen LogP contribution in [0.2, 0.25) is 0 Å². The van der Waals surface area contributed by atoms with Gasteiger partial charge in [-0.25, -0.2) is 0 Å². The fraction of sp³-hybridized carbons (Fsp3) is 0.864. The molecule has 0 spiro atoms. The molecule has 0 saturated heterocycles. The number of aliphatic hydroxyl groups excluding tert-OH is 1. The van der Waals surface area contributed by atoms with Crippen LogP contribution in [-0.4, -0.2) is 30.7 Å². The van der Waals surface area contributed by atoms with Crippen LogP contribution in [0, 0.1) is 40.9 Å². The van der Waals surface area contributed by atoms with Gasteiger partial charge in [0.25, 0.3) is 0 Å². The van der Waals surface area contributed by atoms with Crippen molar-refractivity contribution in [2.45, 2.75) is 64.9 Å². The number of ether oxygens (including phenoxy) is 1. The van der Waals surface area contributed by atoms with Gasteiger partial charge in [-0.3, -0.25) is 4.79 Å². The standard InChI is InChI=1S/C22H34O3/c1-13(23)19-6-7-20-17-5-4-14-11-21(24)15(12-25-3)10-18(14)16(17)8-9-22(19,20)2/h10,13-17,19-20,23H,4-9,11-12H2,1-3H3/t13?,14?,15?,16-,17+,19+,20-,22+/m0/s1. The Kier molecular flexibility index (Phi) is 4.60. The predicted octanol–water partition coefficient (Wildman–Crippen LogP) is 4.00. The molecule has 0 radical (unpaired) electrons. The molecule has 25 heavy (non-hydrogen) atoms. The zero-order chi connectivity index (χ0) is 17.8. The molecule has 0 aliphatic heterocycles. The van der Waals surface area contributed by atoms with E-state index in [1.807, 2.05) is 6.92 Å². The maximum atomic E-state index is 12.4. The zero-order valence-corrected chi connectivity index (χ0v) is 16.0. The molecule has 3 saturated carbocycles. The highest BCUT2D eigenvalue weighted by molar-refractivity contribution is 5.85. The lowest BCUT2D eigenvalue weighted by atomic mass is 9.51. The Morgan fingerprint density at radius 2 is 2.08 bits per heavy atom. The van der Waals surface area contributed by atoms with Crippen molar-refractivity contribution < 1.29 is 14.6 Å². The number of hydrogen-bond acceptors (Lipinski definition) is 3. The van der Waals surface area contributed by atoms with Crippen LogP contribution < -0.4 is 0 Å². The van der Waals surface area contributed by atoms with Crippen LogP contribution in [0.25, 0.3) is 0 Å². The van der Waals surface area contributed by atoms with Crippen LogP contribution in [0.15, 0.2) is 11.6 Å². The molecule has 3 fully saturated rings. The third-order valence-electron chi connectivity index (χ3n) is 8.44. The molecule has 0 bridgehead atoms. The number of ketones is 1. The molecule has 4 rings (SSSR count). The third kappa shape index (κ3) is 2.73. The summed E-state index contributed by atoms with van der Waals surface area (Å²) in [6.45, 7) is 4.99. The molecular formula is C22H34O3. The summed E-state index contributed by atoms with van der Waals surface area (Å²) in [5, 5.41) is 10.3. The molecule has 1 N–H and O–H groups in total. The first kappa shape index (κ1) is 17.7. The molecule has 3 unspecified atom stereocenters. The summed E-state index contributed by atoms with van der Waals surface area (Å²) >= 11 is 0. The van der Waals surface area contributed by atoms with Gasteiger partial charge in [0.2, 0.25) is 0 Å². The lowest BCUT2D eigenvalue weighted by molar-refractivity contribution is -0.125. The second-order valence-corrected chi connectivity index (χ2v) is 9.52. The maximum absolute atomic E-state index is 12.4. The van der Waals surface area contributed by atoms with Crippen LogP contribution in [0.5, 0.6) is 0 Å². The SMILES string of the molecule is COCC1C=C2C(CC[C@@H]3[C@@H]2CC[C@]2(C)[C@@H](C(C)O)CC[C@@H]32)CC1=O. The van der Waals surface area contributed by atoms with Crippen molar-refractivity contribution in [2.75, 3.05) is 13.7 Å². The fourth-order valence-electron chi connectivity index (χ4n) is 7.32. The van der Waals surface area contributed by atoms with E-state index in [0.29, 0.717) is 35.6 Å². The van der Waals surface area contributed by atoms with E-state index in [0.717, 1.165) is 18.3 Å². The van der Waals surface area contributed by atoms with Crippen molar-refractivity contribution in [3.8, 4) is 0 Å². The van der Waals surface area contributed by atoms with E-state index >= 15 is 0 Å². The summed E-state index contributed by atoms with van der Waals surface area (Å²) in [5.74, 6) is 3.53. The Morgan fingerprint density at radius 3 is 2.80 bits per heavy atom. The Bertz CT molecular complexity index is 566. The van der Waals surface area contributed by atoms with Gasteiger partial charge in [-0.15, -0.1) is 0 Å². The molecule has 0 heterocycles. The molecule has 4 aliphatic rings. The molecule has 140 valence electrons. The number of hydrogen-bond donors (Lipinski definition) is 1. The lowest BCUT2D eigenvalue weighted by Gasteiger charge is -2.54. The third-order valence-corrected chi connectivity index (χ3v) is 8.44. The minimum absolute atomic E-state index is 0.0166. The summed E-state index contributed by atoms with van der Waals surface area (Å²) in [5.41, 5.74) is 1.92. The molecule has 3 heteroatoms. The van der Waals surface area contributed by atoms with E-state index in [2.05, 4.69) is 13.0 Å². The van der Waals surface area contributed by atoms with Crippen LogP contribution in [0.1, 0.15) is 58.8 Å². The van der Waals surface area contributed by atoms with Gasteiger partial charge in [0.15, 0.2) is 0 Å². The van der Waals surface area contributed by atoms with Gasteiger partial charge in [-0.2, -0.15) is 0 Å². The maximum Gasteiger partial charge on any atom is 0.142 e. The first-order valence-corrected chi connectivity index (χ1v) is 10.4. The van der Waals surface area contributed by atoms with Crippen LogP contribution in [-0.2, 0) is 9.53 Å². The van der Waals surface area contributed by atoms with Crippen LogP contribution >= 0.6 is 0 Å². The van der Waals surface area contributed by atoms with Crippen molar-refractivity contribution in [3.05, 3.63) is 11.6 Å². The summed E-state index contributed by atoms with van der Waals surface area (Å²) in [6, 6.07) is 0. The average molecular weight is 347 g/mol. The molecular weight excluding hydrogens is 312 g/mol. The fourth-order valence-corrected chi connectivity index (χ4v) is 7.32. The smallest absolute Gasteiger partial charge is 0.142 e. The second kappa shape index (κ2) is 6.49. The first-order valence-electron chi connectivity index (χ1n) is 10.4. The van der Waals surface area contributed by atoms with E-state index < -0.39 is 0 Å². The number of allylic oxidation sites excluding steroid dienone is 1. The Balaban J connectivity index is 1.61. The highest BCUT2D eigenvalue weighted by atomic mass is 16.5. The van der Waals surface area contributed by atoms with E-state index in [1.165, 1.54) is 38.5 Å². The number of carbonyl (C=O) groups is 1. The number of Topliss-reactive ketones (excluding diaryl/α,β-unsaturated/α-hetero) is 1. The Hall–Kier alpha value is -0.670. The number of rotatable bonds is 3. The van der Waals surface area contributed by atoms with Gasteiger partial charge in [0, 0.05) is 13.5 Å². The summed E-state index contributed by atoms with van der Waals surface area (Å²) in [4.78, 5) is 12.4. The van der Waals surface area contributed by atoms with E-state index in [1.54, 1.807) is 12.7 Å². The van der Waals surface area contributed by atoms with Gasteiger partial charge in [0.1, 0.15) is 5.78 Å². The van der Waals surface area contributed by atoms with Crippen molar-refractivity contribution in [2.24, 2.45) is 40.9 Å². The Labute approximate surface area is 152 Å². The molecule has 8 atom stereocenters. The monoisotopic (exact) mass is 346 g/mol. The van der Waals surface area contributed by atoms with Crippen molar-refractivity contribution in [1.82, 2.24) is 0 Å². The van der Waals surface area contributed by atoms with Gasteiger partial charge in [-0.1, -0.05) is 18.6 Å².